The Hall–Kier alpha value is -1.46. The molecule has 0 radical (unpaired) electrons. The van der Waals surface area contributed by atoms with Gasteiger partial charge in [-0.2, -0.15) is 0 Å². The predicted molar refractivity (Wildman–Crippen MR) is 75.9 cm³/mol. The van der Waals surface area contributed by atoms with E-state index in [2.05, 4.69) is 10.3 Å². The molecule has 0 spiro atoms. The Kier molecular flexibility index (Phi) is 8.58. The van der Waals surface area contributed by atoms with Crippen LogP contribution in [0.3, 0.4) is 0 Å². The van der Waals surface area contributed by atoms with Gasteiger partial charge in [-0.05, 0) is 18.9 Å². The molecule has 0 atom stereocenters. The number of carbonyl (C=O) groups excluding carboxylic acids is 1. The van der Waals surface area contributed by atoms with E-state index >= 15 is 0 Å². The predicted octanol–water partition coefficient (Wildman–Crippen LogP) is 1.60. The number of hydrogen-bond acceptors (Lipinski definition) is 3. The molecule has 0 aliphatic heterocycles. The fraction of sp³-hybridized carbons (Fsp3) is 0.600. The summed E-state index contributed by atoms with van der Waals surface area (Å²) in [7, 11) is 1.42. The Morgan fingerprint density at radius 2 is 1.95 bits per heavy atom. The van der Waals surface area contributed by atoms with Gasteiger partial charge in [-0.15, -0.1) is 0 Å². The van der Waals surface area contributed by atoms with Crippen LogP contribution in [-0.2, 0) is 11.4 Å². The number of aryl methyl sites for hydroxylation is 1. The van der Waals surface area contributed by atoms with Gasteiger partial charge >= 0.3 is 0 Å². The van der Waals surface area contributed by atoms with Crippen LogP contribution in [0.15, 0.2) is 24.5 Å². The van der Waals surface area contributed by atoms with Crippen molar-refractivity contribution in [2.24, 2.45) is 0 Å². The molecule has 2 N–H and O–H groups in total. The lowest BCUT2D eigenvalue weighted by Gasteiger charge is -2.02. The van der Waals surface area contributed by atoms with E-state index in [0.29, 0.717) is 12.2 Å². The first-order valence-electron chi connectivity index (χ1n) is 7.21. The van der Waals surface area contributed by atoms with Crippen LogP contribution >= 0.6 is 0 Å². The number of aliphatic hydroxyl groups is 1. The number of nitrogens with one attached hydrogen (secondary N) is 1. The van der Waals surface area contributed by atoms with Crippen LogP contribution in [0.25, 0.3) is 0 Å². The summed E-state index contributed by atoms with van der Waals surface area (Å²) in [6.07, 6.45) is 10.5. The number of amides is 1. The minimum Gasteiger partial charge on any atom is -0.396 e. The van der Waals surface area contributed by atoms with Crippen molar-refractivity contribution in [3.63, 3.8) is 0 Å². The van der Waals surface area contributed by atoms with Gasteiger partial charge in [0, 0.05) is 19.1 Å². The number of unbranched alkanes of at least 4 members (excludes halogenated alkanes) is 5. The number of carbonyl (C=O) groups is 1. The third-order valence-corrected chi connectivity index (χ3v) is 3.14. The minimum absolute atomic E-state index is 0.231. The molecule has 0 saturated heterocycles. The van der Waals surface area contributed by atoms with E-state index in [1.165, 1.54) is 26.4 Å². The van der Waals surface area contributed by atoms with Crippen LogP contribution in [0.5, 0.6) is 0 Å². The third-order valence-electron chi connectivity index (χ3n) is 3.14. The SMILES string of the molecule is CONC(=O)c1ccc[n+](CCCCCCCCO)c1. The Morgan fingerprint density at radius 1 is 1.25 bits per heavy atom. The second kappa shape index (κ2) is 10.3. The zero-order valence-electron chi connectivity index (χ0n) is 12.2. The van der Waals surface area contributed by atoms with Crippen LogP contribution in [-0.4, -0.2) is 24.7 Å². The Balaban J connectivity index is 2.26. The van der Waals surface area contributed by atoms with Crippen LogP contribution in [0.1, 0.15) is 48.9 Å². The molecular formula is C15H25N2O3+. The molecule has 112 valence electrons. The Labute approximate surface area is 120 Å². The molecule has 0 unspecified atom stereocenters. The quantitative estimate of drug-likeness (QED) is 0.389. The van der Waals surface area contributed by atoms with Gasteiger partial charge in [0.1, 0.15) is 12.1 Å². The van der Waals surface area contributed by atoms with Gasteiger partial charge in [-0.25, -0.2) is 10.0 Å². The zero-order valence-corrected chi connectivity index (χ0v) is 12.2. The summed E-state index contributed by atoms with van der Waals surface area (Å²) in [5.74, 6) is -0.231. The molecule has 1 amide bonds. The van der Waals surface area contributed by atoms with Gasteiger partial charge in [0.25, 0.3) is 5.91 Å². The molecule has 0 aliphatic carbocycles. The number of rotatable bonds is 10. The average molecular weight is 281 g/mol. The van der Waals surface area contributed by atoms with Gasteiger partial charge in [0.05, 0.1) is 7.11 Å². The lowest BCUT2D eigenvalue weighted by Crippen LogP contribution is -2.35. The summed E-state index contributed by atoms with van der Waals surface area (Å²) in [6.45, 7) is 1.21. The molecular weight excluding hydrogens is 256 g/mol. The van der Waals surface area contributed by atoms with Gasteiger partial charge in [0.15, 0.2) is 12.4 Å². The van der Waals surface area contributed by atoms with Crippen LogP contribution in [0.4, 0.5) is 0 Å². The normalized spacial score (nSPS) is 10.5. The van der Waals surface area contributed by atoms with Crippen molar-refractivity contribution in [1.82, 2.24) is 5.48 Å². The summed E-state index contributed by atoms with van der Waals surface area (Å²) in [5.41, 5.74) is 2.91. The molecule has 1 heterocycles. The zero-order chi connectivity index (χ0) is 14.6. The molecule has 1 aromatic rings. The number of hydrogen-bond donors (Lipinski definition) is 2. The lowest BCUT2D eigenvalue weighted by atomic mass is 10.1. The summed E-state index contributed by atoms with van der Waals surface area (Å²) < 4.78 is 2.03. The third kappa shape index (κ3) is 6.63. The van der Waals surface area contributed by atoms with E-state index in [-0.39, 0.29) is 5.91 Å². The van der Waals surface area contributed by atoms with E-state index in [1.54, 1.807) is 6.07 Å². The molecule has 1 rings (SSSR count). The van der Waals surface area contributed by atoms with Gasteiger partial charge < -0.3 is 5.11 Å². The summed E-state index contributed by atoms with van der Waals surface area (Å²) in [5, 5.41) is 8.68. The van der Waals surface area contributed by atoms with Gasteiger partial charge in [-0.3, -0.25) is 9.63 Å². The highest BCUT2D eigenvalue weighted by atomic mass is 16.6. The fourth-order valence-corrected chi connectivity index (χ4v) is 2.06. The number of hydroxylamine groups is 1. The van der Waals surface area contributed by atoms with E-state index in [9.17, 15) is 4.79 Å². The van der Waals surface area contributed by atoms with E-state index in [0.717, 1.165) is 25.8 Å². The smallest absolute Gasteiger partial charge is 0.280 e. The molecule has 0 aromatic carbocycles. The van der Waals surface area contributed by atoms with Crippen molar-refractivity contribution < 1.29 is 19.3 Å². The average Bonchev–Trinajstić information content (AvgIpc) is 2.47. The molecule has 0 saturated carbocycles. The Bertz CT molecular complexity index is 396. The monoisotopic (exact) mass is 281 g/mol. The number of pyridine rings is 1. The number of aromatic nitrogens is 1. The first kappa shape index (κ1) is 16.6. The van der Waals surface area contributed by atoms with Crippen molar-refractivity contribution in [3.8, 4) is 0 Å². The first-order valence-corrected chi connectivity index (χ1v) is 7.21. The molecule has 20 heavy (non-hydrogen) atoms. The molecule has 0 fully saturated rings. The number of nitrogens with zero attached hydrogens (tertiary/aromatic N) is 1. The largest absolute Gasteiger partial charge is 0.396 e. The van der Waals surface area contributed by atoms with Crippen LogP contribution < -0.4 is 10.0 Å². The van der Waals surface area contributed by atoms with Crippen molar-refractivity contribution >= 4 is 5.91 Å². The van der Waals surface area contributed by atoms with Crippen molar-refractivity contribution in [2.75, 3.05) is 13.7 Å². The molecule has 5 heteroatoms. The molecule has 0 aliphatic rings. The second-order valence-electron chi connectivity index (χ2n) is 4.81. The Morgan fingerprint density at radius 3 is 2.65 bits per heavy atom. The highest BCUT2D eigenvalue weighted by Crippen LogP contribution is 2.05. The lowest BCUT2D eigenvalue weighted by molar-refractivity contribution is -0.697. The van der Waals surface area contributed by atoms with Gasteiger partial charge in [0.2, 0.25) is 0 Å². The molecule has 5 nitrogen and oxygen atoms in total. The van der Waals surface area contributed by atoms with Crippen molar-refractivity contribution in [3.05, 3.63) is 30.1 Å². The van der Waals surface area contributed by atoms with E-state index in [4.69, 9.17) is 5.11 Å². The number of aliphatic hydroxyl groups excluding tert-OH is 1. The molecule has 0 bridgehead atoms. The minimum atomic E-state index is -0.231. The summed E-state index contributed by atoms with van der Waals surface area (Å²) >= 11 is 0. The van der Waals surface area contributed by atoms with Crippen LogP contribution in [0.2, 0.25) is 0 Å². The fourth-order valence-electron chi connectivity index (χ4n) is 2.06. The van der Waals surface area contributed by atoms with E-state index < -0.39 is 0 Å². The van der Waals surface area contributed by atoms with Gasteiger partial charge in [-0.1, -0.05) is 19.3 Å². The van der Waals surface area contributed by atoms with E-state index in [1.807, 2.05) is 23.0 Å². The van der Waals surface area contributed by atoms with Crippen molar-refractivity contribution in [2.45, 2.75) is 45.1 Å². The first-order chi connectivity index (χ1) is 9.77. The standard InChI is InChI=1S/C15H24N2O3/c1-20-16-15(19)14-9-8-11-17(13-14)10-6-4-2-3-5-7-12-18/h8-9,11,13,18H,2-7,10,12H2,1H3/p+1. The maximum absolute atomic E-state index is 11.6. The highest BCUT2D eigenvalue weighted by molar-refractivity contribution is 5.92. The second-order valence-corrected chi connectivity index (χ2v) is 4.81. The maximum Gasteiger partial charge on any atom is 0.280 e. The topological polar surface area (TPSA) is 62.4 Å². The summed E-state index contributed by atoms with van der Waals surface area (Å²) in [4.78, 5) is 16.2. The summed E-state index contributed by atoms with van der Waals surface area (Å²) in [6, 6.07) is 3.63. The van der Waals surface area contributed by atoms with Crippen molar-refractivity contribution in [1.29, 1.82) is 0 Å². The maximum atomic E-state index is 11.6. The molecule has 1 aromatic heterocycles. The highest BCUT2D eigenvalue weighted by Gasteiger charge is 2.09. The van der Waals surface area contributed by atoms with Crippen LogP contribution in [0, 0.1) is 0 Å².